The number of hydroxylamine groups is 2. The molecule has 4 aromatic rings. The highest BCUT2D eigenvalue weighted by Gasteiger charge is 2.38. The lowest BCUT2D eigenvalue weighted by Gasteiger charge is -2.13. The van der Waals surface area contributed by atoms with Crippen molar-refractivity contribution in [2.75, 3.05) is 7.11 Å². The highest BCUT2D eigenvalue weighted by Crippen LogP contribution is 2.31. The van der Waals surface area contributed by atoms with Crippen LogP contribution in [-0.4, -0.2) is 40.4 Å². The van der Waals surface area contributed by atoms with E-state index >= 15 is 0 Å². The van der Waals surface area contributed by atoms with Gasteiger partial charge in [-0.2, -0.15) is 0 Å². The van der Waals surface area contributed by atoms with E-state index in [1.165, 1.54) is 23.8 Å². The van der Waals surface area contributed by atoms with Crippen molar-refractivity contribution >= 4 is 46.2 Å². The molecule has 0 atom stereocenters. The molecule has 0 spiro atoms. The van der Waals surface area contributed by atoms with E-state index in [1.807, 2.05) is 0 Å². The zero-order chi connectivity index (χ0) is 25.6. The van der Waals surface area contributed by atoms with Crippen LogP contribution in [0.4, 0.5) is 0 Å². The Balaban J connectivity index is 1.50. The van der Waals surface area contributed by atoms with Gasteiger partial charge >= 0.3 is 5.97 Å². The van der Waals surface area contributed by atoms with Crippen LogP contribution in [-0.2, 0) is 16.1 Å². The summed E-state index contributed by atoms with van der Waals surface area (Å²) < 4.78 is 6.84. The van der Waals surface area contributed by atoms with Crippen LogP contribution in [0.5, 0.6) is 5.75 Å². The van der Waals surface area contributed by atoms with Crippen LogP contribution in [0.25, 0.3) is 10.9 Å². The molecule has 180 valence electrons. The quantitative estimate of drug-likeness (QED) is 0.370. The molecule has 0 unspecified atom stereocenters. The second-order valence-electron chi connectivity index (χ2n) is 8.18. The molecule has 36 heavy (non-hydrogen) atoms. The third-order valence-electron chi connectivity index (χ3n) is 6.11. The van der Waals surface area contributed by atoms with Crippen LogP contribution in [0.15, 0.2) is 66.7 Å². The lowest BCUT2D eigenvalue weighted by Crippen LogP contribution is -2.33. The topological polar surface area (TPSA) is 94.9 Å². The summed E-state index contributed by atoms with van der Waals surface area (Å²) >= 11 is 5.97. The van der Waals surface area contributed by atoms with Crippen molar-refractivity contribution in [1.82, 2.24) is 9.63 Å². The number of carbonyl (C=O) groups is 4. The van der Waals surface area contributed by atoms with Gasteiger partial charge < -0.3 is 9.57 Å². The van der Waals surface area contributed by atoms with Crippen LogP contribution in [0.3, 0.4) is 0 Å². The fourth-order valence-corrected chi connectivity index (χ4v) is 4.45. The SMILES string of the molecule is COc1ccc2c(c1)c(CC(=O)ON1C(=O)c3ccccc3C1=O)c(C)n2C(=O)c1ccc(Cl)cc1. The summed E-state index contributed by atoms with van der Waals surface area (Å²) in [7, 11) is 1.51. The Bertz CT molecular complexity index is 1540. The molecule has 1 aromatic heterocycles. The Morgan fingerprint density at radius 1 is 0.917 bits per heavy atom. The zero-order valence-corrected chi connectivity index (χ0v) is 20.0. The van der Waals surface area contributed by atoms with Gasteiger partial charge in [0.25, 0.3) is 17.7 Å². The summed E-state index contributed by atoms with van der Waals surface area (Å²) in [5, 5.41) is 1.58. The van der Waals surface area contributed by atoms with Gasteiger partial charge in [0.15, 0.2) is 0 Å². The number of hydrogen-bond acceptors (Lipinski definition) is 6. The van der Waals surface area contributed by atoms with Crippen molar-refractivity contribution in [2.45, 2.75) is 13.3 Å². The van der Waals surface area contributed by atoms with Crippen LogP contribution < -0.4 is 4.74 Å². The van der Waals surface area contributed by atoms with Gasteiger partial charge in [-0.3, -0.25) is 19.0 Å². The number of ether oxygens (including phenoxy) is 1. The highest BCUT2D eigenvalue weighted by atomic mass is 35.5. The predicted molar refractivity (Wildman–Crippen MR) is 131 cm³/mol. The Morgan fingerprint density at radius 2 is 1.56 bits per heavy atom. The monoisotopic (exact) mass is 502 g/mol. The number of amides is 2. The summed E-state index contributed by atoms with van der Waals surface area (Å²) in [4.78, 5) is 56.7. The van der Waals surface area contributed by atoms with Gasteiger partial charge in [-0.05, 0) is 67.1 Å². The first-order chi connectivity index (χ1) is 17.3. The van der Waals surface area contributed by atoms with Gasteiger partial charge in [0.1, 0.15) is 5.75 Å². The number of hydrogen-bond donors (Lipinski definition) is 0. The van der Waals surface area contributed by atoms with E-state index in [0.29, 0.717) is 43.6 Å². The number of imide groups is 1. The maximum atomic E-state index is 13.4. The summed E-state index contributed by atoms with van der Waals surface area (Å²) in [5.41, 5.74) is 2.33. The molecule has 8 nitrogen and oxygen atoms in total. The van der Waals surface area contributed by atoms with E-state index in [9.17, 15) is 19.2 Å². The zero-order valence-electron chi connectivity index (χ0n) is 19.3. The minimum absolute atomic E-state index is 0.168. The Kier molecular flexibility index (Phi) is 5.81. The van der Waals surface area contributed by atoms with Crippen molar-refractivity contribution in [2.24, 2.45) is 0 Å². The van der Waals surface area contributed by atoms with E-state index in [4.69, 9.17) is 21.2 Å². The van der Waals surface area contributed by atoms with E-state index in [0.717, 1.165) is 0 Å². The molecule has 0 bridgehead atoms. The molecule has 2 amide bonds. The standard InChI is InChI=1S/C27H19ClN2O6/c1-15-21(14-24(31)36-30-26(33)19-5-3-4-6-20(19)27(30)34)22-13-18(35-2)11-12-23(22)29(15)25(32)16-7-9-17(28)10-8-16/h3-13H,14H2,1-2H3. The minimum atomic E-state index is -0.826. The molecule has 3 aromatic carbocycles. The predicted octanol–water partition coefficient (Wildman–Crippen LogP) is 4.60. The van der Waals surface area contributed by atoms with Crippen LogP contribution >= 0.6 is 11.6 Å². The number of nitrogens with zero attached hydrogens (tertiary/aromatic N) is 2. The van der Waals surface area contributed by atoms with Crippen LogP contribution in [0, 0.1) is 6.92 Å². The average molecular weight is 503 g/mol. The second-order valence-corrected chi connectivity index (χ2v) is 8.62. The van der Waals surface area contributed by atoms with Crippen molar-refractivity contribution < 1.29 is 28.8 Å². The van der Waals surface area contributed by atoms with Gasteiger partial charge in [0.2, 0.25) is 0 Å². The number of aromatic nitrogens is 1. The minimum Gasteiger partial charge on any atom is -0.497 e. The molecule has 5 rings (SSSR count). The summed E-state index contributed by atoms with van der Waals surface area (Å²) in [6.07, 6.45) is -0.288. The molecule has 0 saturated heterocycles. The molecule has 0 N–H and O–H groups in total. The lowest BCUT2D eigenvalue weighted by atomic mass is 10.1. The summed E-state index contributed by atoms with van der Waals surface area (Å²) in [6, 6.07) is 17.9. The largest absolute Gasteiger partial charge is 0.497 e. The highest BCUT2D eigenvalue weighted by molar-refractivity contribution is 6.30. The number of fused-ring (bicyclic) bond motifs is 2. The molecule has 0 radical (unpaired) electrons. The molecule has 0 saturated carbocycles. The molecule has 1 aliphatic heterocycles. The fraction of sp³-hybridized carbons (Fsp3) is 0.111. The fourth-order valence-electron chi connectivity index (χ4n) is 4.32. The van der Waals surface area contributed by atoms with E-state index in [1.54, 1.807) is 61.5 Å². The first-order valence-corrected chi connectivity index (χ1v) is 11.3. The molecule has 9 heteroatoms. The molecular weight excluding hydrogens is 484 g/mol. The molecule has 0 fully saturated rings. The second kappa shape index (κ2) is 8.98. The number of methoxy groups -OCH3 is 1. The molecule has 1 aliphatic rings. The van der Waals surface area contributed by atoms with E-state index in [-0.39, 0.29) is 23.5 Å². The number of carbonyl (C=O) groups excluding carboxylic acids is 4. The van der Waals surface area contributed by atoms with E-state index in [2.05, 4.69) is 0 Å². The first-order valence-electron chi connectivity index (χ1n) is 11.0. The van der Waals surface area contributed by atoms with Crippen LogP contribution in [0.2, 0.25) is 5.02 Å². The van der Waals surface area contributed by atoms with Crippen LogP contribution in [0.1, 0.15) is 42.3 Å². The van der Waals surface area contributed by atoms with Gasteiger partial charge in [-0.15, -0.1) is 0 Å². The average Bonchev–Trinajstić information content (AvgIpc) is 3.29. The normalized spacial score (nSPS) is 12.7. The number of halogens is 1. The van der Waals surface area contributed by atoms with Gasteiger partial charge in [0, 0.05) is 21.7 Å². The lowest BCUT2D eigenvalue weighted by molar-refractivity contribution is -0.167. The Hall–Kier alpha value is -4.43. The first kappa shape index (κ1) is 23.3. The summed E-state index contributed by atoms with van der Waals surface area (Å²) in [6.45, 7) is 1.71. The molecule has 2 heterocycles. The van der Waals surface area contributed by atoms with Crippen molar-refractivity contribution in [1.29, 1.82) is 0 Å². The van der Waals surface area contributed by atoms with Crippen molar-refractivity contribution in [3.05, 3.63) is 99.7 Å². The van der Waals surface area contributed by atoms with Crippen molar-refractivity contribution in [3.8, 4) is 5.75 Å². The third-order valence-corrected chi connectivity index (χ3v) is 6.36. The van der Waals surface area contributed by atoms with Gasteiger partial charge in [-0.25, -0.2) is 4.79 Å². The van der Waals surface area contributed by atoms with E-state index < -0.39 is 17.8 Å². The molecular formula is C27H19ClN2O6. The number of rotatable bonds is 5. The summed E-state index contributed by atoms with van der Waals surface area (Å²) in [5.74, 6) is -2.01. The third kappa shape index (κ3) is 3.81. The number of benzene rings is 3. The van der Waals surface area contributed by atoms with Gasteiger partial charge in [0.05, 0.1) is 30.2 Å². The van der Waals surface area contributed by atoms with Crippen molar-refractivity contribution in [3.63, 3.8) is 0 Å². The Morgan fingerprint density at radius 3 is 2.17 bits per heavy atom. The maximum absolute atomic E-state index is 13.4. The smallest absolute Gasteiger partial charge is 0.337 e. The maximum Gasteiger partial charge on any atom is 0.337 e. The van der Waals surface area contributed by atoms with Gasteiger partial charge in [-0.1, -0.05) is 28.8 Å². The molecule has 0 aliphatic carbocycles. The Labute approximate surface area is 210 Å².